The normalized spacial score (nSPS) is 31.4. The largest absolute Gasteiger partial charge is 0.480 e. The van der Waals surface area contributed by atoms with Crippen molar-refractivity contribution >= 4 is 12.0 Å². The Balaban J connectivity index is 1.83. The highest BCUT2D eigenvalue weighted by Crippen LogP contribution is 2.44. The first-order valence-electron chi connectivity index (χ1n) is 6.77. The summed E-state index contributed by atoms with van der Waals surface area (Å²) in [5, 5.41) is 14.5. The first-order chi connectivity index (χ1) is 8.47. The smallest absolute Gasteiger partial charge is 0.326 e. The topological polar surface area (TPSA) is 78.4 Å². The molecule has 0 aliphatic heterocycles. The van der Waals surface area contributed by atoms with Gasteiger partial charge in [0.15, 0.2) is 0 Å². The molecule has 3 N–H and O–H groups in total. The van der Waals surface area contributed by atoms with Crippen LogP contribution in [0.2, 0.25) is 0 Å². The third-order valence-corrected chi connectivity index (χ3v) is 4.27. The average Bonchev–Trinajstić information content (AvgIpc) is 2.86. The molecule has 5 heteroatoms. The number of hydrogen-bond donors (Lipinski definition) is 3. The number of nitrogens with one attached hydrogen (secondary N) is 2. The van der Waals surface area contributed by atoms with Crippen LogP contribution in [0.15, 0.2) is 0 Å². The summed E-state index contributed by atoms with van der Waals surface area (Å²) in [5.74, 6) is 0.269. The number of fused-ring (bicyclic) bond motifs is 2. The zero-order chi connectivity index (χ0) is 13.3. The predicted molar refractivity (Wildman–Crippen MR) is 67.2 cm³/mol. The van der Waals surface area contributed by atoms with E-state index in [0.29, 0.717) is 5.92 Å². The van der Waals surface area contributed by atoms with Crippen LogP contribution in [0.1, 0.15) is 39.5 Å². The molecule has 2 amide bonds. The first-order valence-corrected chi connectivity index (χ1v) is 6.77. The number of carbonyl (C=O) groups excluding carboxylic acids is 1. The molecule has 102 valence electrons. The Hall–Kier alpha value is -1.26. The van der Waals surface area contributed by atoms with Crippen LogP contribution in [0.3, 0.4) is 0 Å². The van der Waals surface area contributed by atoms with Crippen LogP contribution in [0.5, 0.6) is 0 Å². The van der Waals surface area contributed by atoms with E-state index < -0.39 is 12.0 Å². The van der Waals surface area contributed by atoms with E-state index in [1.165, 1.54) is 19.3 Å². The Labute approximate surface area is 107 Å². The monoisotopic (exact) mass is 254 g/mol. The second kappa shape index (κ2) is 5.16. The molecular weight excluding hydrogens is 232 g/mol. The summed E-state index contributed by atoms with van der Waals surface area (Å²) in [6, 6.07) is -0.914. The Morgan fingerprint density at radius 2 is 1.94 bits per heavy atom. The maximum Gasteiger partial charge on any atom is 0.326 e. The van der Waals surface area contributed by atoms with Crippen molar-refractivity contribution in [3.05, 3.63) is 0 Å². The molecule has 0 radical (unpaired) electrons. The Bertz CT molecular complexity index is 343. The SMILES string of the molecule is CC(C)[C@H](NC(=O)NC1CC2CCC1C2)C(=O)O. The summed E-state index contributed by atoms with van der Waals surface area (Å²) >= 11 is 0. The highest BCUT2D eigenvalue weighted by Gasteiger charge is 2.40. The zero-order valence-electron chi connectivity index (χ0n) is 11.0. The lowest BCUT2D eigenvalue weighted by molar-refractivity contribution is -0.140. The molecule has 0 spiro atoms. The number of carboxylic acids is 1. The Kier molecular flexibility index (Phi) is 3.78. The summed E-state index contributed by atoms with van der Waals surface area (Å²) in [6.45, 7) is 3.58. The summed E-state index contributed by atoms with van der Waals surface area (Å²) in [7, 11) is 0. The van der Waals surface area contributed by atoms with Crippen molar-refractivity contribution in [1.82, 2.24) is 10.6 Å². The Morgan fingerprint density at radius 3 is 2.39 bits per heavy atom. The van der Waals surface area contributed by atoms with Gasteiger partial charge in [-0.15, -0.1) is 0 Å². The molecule has 2 rings (SSSR count). The molecule has 2 fully saturated rings. The third kappa shape index (κ3) is 2.76. The zero-order valence-corrected chi connectivity index (χ0v) is 11.0. The minimum Gasteiger partial charge on any atom is -0.480 e. The van der Waals surface area contributed by atoms with Gasteiger partial charge in [0.25, 0.3) is 0 Å². The number of hydrogen-bond acceptors (Lipinski definition) is 2. The third-order valence-electron chi connectivity index (χ3n) is 4.27. The lowest BCUT2D eigenvalue weighted by atomic mass is 9.95. The van der Waals surface area contributed by atoms with Crippen LogP contribution in [0, 0.1) is 17.8 Å². The lowest BCUT2D eigenvalue weighted by Crippen LogP contribution is -2.51. The number of rotatable bonds is 4. The number of urea groups is 1. The van der Waals surface area contributed by atoms with Crippen molar-refractivity contribution in [3.8, 4) is 0 Å². The number of carboxylic acid groups (broad SMARTS) is 1. The van der Waals surface area contributed by atoms with Crippen molar-refractivity contribution < 1.29 is 14.7 Å². The minimum atomic E-state index is -0.979. The second-order valence-corrected chi connectivity index (χ2v) is 5.96. The molecule has 2 aliphatic rings. The lowest BCUT2D eigenvalue weighted by Gasteiger charge is -2.25. The molecular formula is C13H22N2O3. The molecule has 2 saturated carbocycles. The van der Waals surface area contributed by atoms with E-state index in [9.17, 15) is 9.59 Å². The van der Waals surface area contributed by atoms with Crippen LogP contribution in [0.25, 0.3) is 0 Å². The second-order valence-electron chi connectivity index (χ2n) is 5.96. The van der Waals surface area contributed by atoms with Crippen LogP contribution in [0.4, 0.5) is 4.79 Å². The molecule has 2 bridgehead atoms. The average molecular weight is 254 g/mol. The van der Waals surface area contributed by atoms with Crippen molar-refractivity contribution in [2.24, 2.45) is 17.8 Å². The number of amides is 2. The van der Waals surface area contributed by atoms with E-state index in [-0.39, 0.29) is 18.0 Å². The van der Waals surface area contributed by atoms with Gasteiger partial charge >= 0.3 is 12.0 Å². The molecule has 0 heterocycles. The van der Waals surface area contributed by atoms with Gasteiger partial charge in [-0.05, 0) is 37.0 Å². The van der Waals surface area contributed by atoms with Gasteiger partial charge in [-0.2, -0.15) is 0 Å². The highest BCUT2D eigenvalue weighted by atomic mass is 16.4. The van der Waals surface area contributed by atoms with Gasteiger partial charge < -0.3 is 15.7 Å². The highest BCUT2D eigenvalue weighted by molar-refractivity contribution is 5.82. The van der Waals surface area contributed by atoms with E-state index in [2.05, 4.69) is 10.6 Å². The van der Waals surface area contributed by atoms with Crippen molar-refractivity contribution in [2.75, 3.05) is 0 Å². The van der Waals surface area contributed by atoms with E-state index in [1.807, 2.05) is 0 Å². The van der Waals surface area contributed by atoms with Crippen molar-refractivity contribution in [2.45, 2.75) is 51.6 Å². The molecule has 0 saturated heterocycles. The molecule has 18 heavy (non-hydrogen) atoms. The first kappa shape index (κ1) is 13.2. The number of carbonyl (C=O) groups is 2. The fourth-order valence-corrected chi connectivity index (χ4v) is 3.29. The van der Waals surface area contributed by atoms with Gasteiger partial charge in [0, 0.05) is 6.04 Å². The molecule has 5 nitrogen and oxygen atoms in total. The molecule has 3 unspecified atom stereocenters. The molecule has 4 atom stereocenters. The minimum absolute atomic E-state index is 0.117. The van der Waals surface area contributed by atoms with Gasteiger partial charge in [0.05, 0.1) is 0 Å². The maximum absolute atomic E-state index is 11.8. The van der Waals surface area contributed by atoms with Gasteiger partial charge in [-0.25, -0.2) is 9.59 Å². The fraction of sp³-hybridized carbons (Fsp3) is 0.846. The van der Waals surface area contributed by atoms with Gasteiger partial charge in [-0.3, -0.25) is 0 Å². The van der Waals surface area contributed by atoms with Crippen LogP contribution in [-0.2, 0) is 4.79 Å². The van der Waals surface area contributed by atoms with E-state index >= 15 is 0 Å². The van der Waals surface area contributed by atoms with Crippen LogP contribution >= 0.6 is 0 Å². The standard InChI is InChI=1S/C13H22N2O3/c1-7(2)11(12(16)17)15-13(18)14-10-6-8-3-4-9(10)5-8/h7-11H,3-6H2,1-2H3,(H,16,17)(H2,14,15,18)/t8?,9?,10?,11-/m0/s1. The van der Waals surface area contributed by atoms with E-state index in [0.717, 1.165) is 12.3 Å². The van der Waals surface area contributed by atoms with Gasteiger partial charge in [0.2, 0.25) is 0 Å². The number of aliphatic carboxylic acids is 1. The fourth-order valence-electron chi connectivity index (χ4n) is 3.29. The Morgan fingerprint density at radius 1 is 1.22 bits per heavy atom. The van der Waals surface area contributed by atoms with Crippen molar-refractivity contribution in [1.29, 1.82) is 0 Å². The molecule has 0 aromatic carbocycles. The molecule has 2 aliphatic carbocycles. The van der Waals surface area contributed by atoms with Crippen molar-refractivity contribution in [3.63, 3.8) is 0 Å². The van der Waals surface area contributed by atoms with Crippen LogP contribution < -0.4 is 10.6 Å². The van der Waals surface area contributed by atoms with E-state index in [4.69, 9.17) is 5.11 Å². The molecule has 0 aromatic heterocycles. The summed E-state index contributed by atoms with van der Waals surface area (Å²) < 4.78 is 0. The predicted octanol–water partition coefficient (Wildman–Crippen LogP) is 1.58. The molecule has 0 aromatic rings. The van der Waals surface area contributed by atoms with E-state index in [1.54, 1.807) is 13.8 Å². The van der Waals surface area contributed by atoms with Crippen LogP contribution in [-0.4, -0.2) is 29.2 Å². The quantitative estimate of drug-likeness (QED) is 0.712. The summed E-state index contributed by atoms with van der Waals surface area (Å²) in [4.78, 5) is 22.8. The maximum atomic E-state index is 11.8. The summed E-state index contributed by atoms with van der Waals surface area (Å²) in [5.41, 5.74) is 0. The van der Waals surface area contributed by atoms with Gasteiger partial charge in [-0.1, -0.05) is 20.3 Å². The van der Waals surface area contributed by atoms with Gasteiger partial charge in [0.1, 0.15) is 6.04 Å². The summed E-state index contributed by atoms with van der Waals surface area (Å²) in [6.07, 6.45) is 4.76.